The van der Waals surface area contributed by atoms with Crippen molar-refractivity contribution in [3.63, 3.8) is 0 Å². The molecule has 1 aliphatic rings. The Balaban J connectivity index is 3.08. The second kappa shape index (κ2) is 14.2. The molecule has 0 amide bonds. The van der Waals surface area contributed by atoms with Crippen LogP contribution in [-0.2, 0) is 33.4 Å². The van der Waals surface area contributed by atoms with E-state index in [1.165, 1.54) is 45.3 Å². The molecule has 0 saturated carbocycles. The summed E-state index contributed by atoms with van der Waals surface area (Å²) < 4.78 is 15.3. The van der Waals surface area contributed by atoms with E-state index in [0.717, 1.165) is 12.8 Å². The maximum atomic E-state index is 12.5. The Bertz CT molecular complexity index is 820. The SMILES string of the molecule is CCCC[C@@H](O)C=CC[C@]1(OC(C)=O)C=CC(=O)/C1=C/C=C[C@H](CCC(=O)OC)OC(C)=O. The van der Waals surface area contributed by atoms with E-state index >= 15 is 0 Å². The van der Waals surface area contributed by atoms with Crippen molar-refractivity contribution in [2.24, 2.45) is 0 Å². The highest BCUT2D eigenvalue weighted by molar-refractivity contribution is 6.09. The quantitative estimate of drug-likeness (QED) is 0.192. The van der Waals surface area contributed by atoms with Gasteiger partial charge in [-0.1, -0.05) is 44.1 Å². The van der Waals surface area contributed by atoms with Crippen LogP contribution >= 0.6 is 0 Å². The number of methoxy groups -OCH3 is 1. The second-order valence-corrected chi connectivity index (χ2v) is 7.75. The minimum absolute atomic E-state index is 0.0540. The zero-order chi connectivity index (χ0) is 24.9. The number of aliphatic hydroxyl groups is 1. The fourth-order valence-corrected chi connectivity index (χ4v) is 3.34. The van der Waals surface area contributed by atoms with Gasteiger partial charge >= 0.3 is 17.9 Å². The van der Waals surface area contributed by atoms with Crippen LogP contribution in [0.2, 0.25) is 0 Å². The molecule has 0 radical (unpaired) electrons. The fourth-order valence-electron chi connectivity index (χ4n) is 3.34. The molecule has 0 bridgehead atoms. The van der Waals surface area contributed by atoms with E-state index in [0.29, 0.717) is 6.42 Å². The molecule has 0 aromatic rings. The molecule has 1 aliphatic carbocycles. The van der Waals surface area contributed by atoms with Crippen LogP contribution < -0.4 is 0 Å². The largest absolute Gasteiger partial charge is 0.469 e. The molecule has 8 heteroatoms. The van der Waals surface area contributed by atoms with Crippen LogP contribution in [-0.4, -0.2) is 53.7 Å². The van der Waals surface area contributed by atoms with E-state index in [1.54, 1.807) is 18.2 Å². The number of hydrogen-bond donors (Lipinski definition) is 1. The molecule has 0 aromatic carbocycles. The number of carbonyl (C=O) groups is 4. The van der Waals surface area contributed by atoms with Crippen molar-refractivity contribution >= 4 is 23.7 Å². The Morgan fingerprint density at radius 3 is 2.48 bits per heavy atom. The van der Waals surface area contributed by atoms with Crippen molar-refractivity contribution in [3.05, 3.63) is 48.1 Å². The first-order valence-electron chi connectivity index (χ1n) is 11.0. The van der Waals surface area contributed by atoms with Crippen LogP contribution in [0.4, 0.5) is 0 Å². The van der Waals surface area contributed by atoms with Gasteiger partial charge < -0.3 is 19.3 Å². The lowest BCUT2D eigenvalue weighted by Gasteiger charge is -2.27. The summed E-state index contributed by atoms with van der Waals surface area (Å²) >= 11 is 0. The molecule has 0 aromatic heterocycles. The molecular weight excluding hydrogens is 428 g/mol. The van der Waals surface area contributed by atoms with Gasteiger partial charge in [0, 0.05) is 32.3 Å². The summed E-state index contributed by atoms with van der Waals surface area (Å²) in [7, 11) is 1.27. The maximum Gasteiger partial charge on any atom is 0.305 e. The van der Waals surface area contributed by atoms with Crippen LogP contribution in [0.5, 0.6) is 0 Å². The van der Waals surface area contributed by atoms with E-state index < -0.39 is 35.7 Å². The monoisotopic (exact) mass is 462 g/mol. The predicted molar refractivity (Wildman–Crippen MR) is 122 cm³/mol. The van der Waals surface area contributed by atoms with Gasteiger partial charge in [0.25, 0.3) is 0 Å². The average molecular weight is 463 g/mol. The number of ketones is 1. The van der Waals surface area contributed by atoms with E-state index in [9.17, 15) is 24.3 Å². The molecule has 3 atom stereocenters. The molecule has 0 fully saturated rings. The van der Waals surface area contributed by atoms with Crippen molar-refractivity contribution in [1.82, 2.24) is 0 Å². The lowest BCUT2D eigenvalue weighted by Crippen LogP contribution is -2.33. The van der Waals surface area contributed by atoms with Gasteiger partial charge in [-0.15, -0.1) is 0 Å². The molecule has 0 unspecified atom stereocenters. The lowest BCUT2D eigenvalue weighted by atomic mass is 9.91. The predicted octanol–water partition coefficient (Wildman–Crippen LogP) is 3.29. The van der Waals surface area contributed by atoms with E-state index in [-0.39, 0.29) is 30.6 Å². The van der Waals surface area contributed by atoms with Crippen molar-refractivity contribution in [3.8, 4) is 0 Å². The number of hydrogen-bond acceptors (Lipinski definition) is 8. The number of allylic oxidation sites excluding steroid dienone is 3. The van der Waals surface area contributed by atoms with Gasteiger partial charge in [0.1, 0.15) is 6.10 Å². The lowest BCUT2D eigenvalue weighted by molar-refractivity contribution is -0.149. The zero-order valence-corrected chi connectivity index (χ0v) is 19.7. The zero-order valence-electron chi connectivity index (χ0n) is 19.7. The highest BCUT2D eigenvalue weighted by Gasteiger charge is 2.41. The minimum atomic E-state index is -1.29. The summed E-state index contributed by atoms with van der Waals surface area (Å²) in [4.78, 5) is 47.1. The van der Waals surface area contributed by atoms with Crippen LogP contribution in [0.1, 0.15) is 59.3 Å². The van der Waals surface area contributed by atoms with Crippen LogP contribution in [0.3, 0.4) is 0 Å². The molecule has 0 aliphatic heterocycles. The van der Waals surface area contributed by atoms with Crippen LogP contribution in [0.15, 0.2) is 48.1 Å². The topological polar surface area (TPSA) is 116 Å². The summed E-state index contributed by atoms with van der Waals surface area (Å²) in [6, 6.07) is 0. The Hall–Kier alpha value is -3.00. The third-order valence-electron chi connectivity index (χ3n) is 4.95. The average Bonchev–Trinajstić information content (AvgIpc) is 3.04. The first kappa shape index (κ1) is 28.0. The number of esters is 3. The van der Waals surface area contributed by atoms with Gasteiger partial charge in [0.2, 0.25) is 0 Å². The molecule has 8 nitrogen and oxygen atoms in total. The maximum absolute atomic E-state index is 12.5. The fraction of sp³-hybridized carbons (Fsp3) is 0.520. The van der Waals surface area contributed by atoms with Gasteiger partial charge in [-0.05, 0) is 31.1 Å². The van der Waals surface area contributed by atoms with E-state index in [4.69, 9.17) is 9.47 Å². The van der Waals surface area contributed by atoms with Crippen molar-refractivity contribution in [1.29, 1.82) is 0 Å². The number of ether oxygens (including phenoxy) is 3. The van der Waals surface area contributed by atoms with Gasteiger partial charge in [-0.25, -0.2) is 0 Å². The van der Waals surface area contributed by atoms with Crippen molar-refractivity contribution in [2.75, 3.05) is 7.11 Å². The Labute approximate surface area is 195 Å². The summed E-state index contributed by atoms with van der Waals surface area (Å²) in [5.74, 6) is -1.82. The molecule has 0 spiro atoms. The molecule has 1 rings (SSSR count). The number of aliphatic hydroxyl groups excluding tert-OH is 1. The smallest absolute Gasteiger partial charge is 0.305 e. The molecule has 33 heavy (non-hydrogen) atoms. The van der Waals surface area contributed by atoms with Gasteiger partial charge in [0.05, 0.1) is 13.2 Å². The van der Waals surface area contributed by atoms with E-state index in [1.807, 2.05) is 6.92 Å². The second-order valence-electron chi connectivity index (χ2n) is 7.75. The van der Waals surface area contributed by atoms with Crippen LogP contribution in [0.25, 0.3) is 0 Å². The minimum Gasteiger partial charge on any atom is -0.469 e. The third-order valence-corrected chi connectivity index (χ3v) is 4.95. The van der Waals surface area contributed by atoms with Gasteiger partial charge in [-0.3, -0.25) is 19.2 Å². The van der Waals surface area contributed by atoms with E-state index in [2.05, 4.69) is 4.74 Å². The molecular formula is C25H34O8. The van der Waals surface area contributed by atoms with Crippen molar-refractivity contribution < 1.29 is 38.5 Å². The first-order chi connectivity index (χ1) is 15.6. The van der Waals surface area contributed by atoms with Crippen LogP contribution in [0, 0.1) is 0 Å². The molecule has 182 valence electrons. The summed E-state index contributed by atoms with van der Waals surface area (Å²) in [5.41, 5.74) is -1.06. The normalized spacial score (nSPS) is 21.0. The molecule has 1 N–H and O–H groups in total. The Morgan fingerprint density at radius 1 is 1.15 bits per heavy atom. The van der Waals surface area contributed by atoms with Crippen molar-refractivity contribution in [2.45, 2.75) is 77.1 Å². The first-order valence-corrected chi connectivity index (χ1v) is 11.0. The number of unbranched alkanes of at least 4 members (excludes halogenated alkanes) is 1. The highest BCUT2D eigenvalue weighted by Crippen LogP contribution is 2.34. The Kier molecular flexibility index (Phi) is 12.1. The highest BCUT2D eigenvalue weighted by atomic mass is 16.6. The summed E-state index contributed by atoms with van der Waals surface area (Å²) in [5, 5.41) is 10.0. The molecule has 0 heterocycles. The summed E-state index contributed by atoms with van der Waals surface area (Å²) in [6.45, 7) is 4.55. The van der Waals surface area contributed by atoms with Gasteiger partial charge in [0.15, 0.2) is 11.4 Å². The standard InChI is InChI=1S/C25H34O8/c1-5-6-9-20(28)10-8-16-25(33-19(3)27)17-15-23(29)22(25)12-7-11-21(32-18(2)26)13-14-24(30)31-4/h7-8,10-12,15,17,20-21,28H,5-6,9,13-14,16H2,1-4H3/b10-8?,11-7?,22-12-/t20-,21-,25+/m1/s1. The summed E-state index contributed by atoms with van der Waals surface area (Å²) in [6.07, 6.45) is 12.4. The number of carbonyl (C=O) groups excluding carboxylic acids is 4. The van der Waals surface area contributed by atoms with Gasteiger partial charge in [-0.2, -0.15) is 0 Å². The Morgan fingerprint density at radius 2 is 1.88 bits per heavy atom. The number of rotatable bonds is 13. The molecule has 0 saturated heterocycles. The third kappa shape index (κ3) is 9.99.